The fraction of sp³-hybridized carbons (Fsp3) is 0.800. The monoisotopic (exact) mass is 252 g/mol. The van der Waals surface area contributed by atoms with Gasteiger partial charge in [-0.2, -0.15) is 0 Å². The van der Waals surface area contributed by atoms with E-state index in [1.165, 1.54) is 0 Å². The molecule has 2 aliphatic carbocycles. The molecule has 18 heavy (non-hydrogen) atoms. The van der Waals surface area contributed by atoms with Gasteiger partial charge in [0.2, 0.25) is 0 Å². The Kier molecular flexibility index (Phi) is 3.43. The Hall–Kier alpha value is -0.990. The van der Waals surface area contributed by atoms with Gasteiger partial charge in [0, 0.05) is 5.92 Å². The fourth-order valence-corrected chi connectivity index (χ4v) is 3.18. The largest absolute Gasteiger partial charge is 0.499 e. The van der Waals surface area contributed by atoms with Gasteiger partial charge in [0.1, 0.15) is 5.60 Å². The highest BCUT2D eigenvalue weighted by molar-refractivity contribution is 5.73. The Bertz CT molecular complexity index is 341. The third-order valence-electron chi connectivity index (χ3n) is 3.89. The molecule has 2 fully saturated rings. The molecule has 0 bridgehead atoms. The number of hydrogen-bond acceptors (Lipinski definition) is 3. The molecule has 0 N–H and O–H groups in total. The molecule has 0 aliphatic heterocycles. The summed E-state index contributed by atoms with van der Waals surface area (Å²) >= 11 is 0. The molecule has 0 aromatic carbocycles. The molecule has 2 aliphatic rings. The number of carbonyl (C=O) groups excluding carboxylic acids is 1. The topological polar surface area (TPSA) is 35.5 Å². The Morgan fingerprint density at radius 1 is 1.28 bits per heavy atom. The summed E-state index contributed by atoms with van der Waals surface area (Å²) in [5, 5.41) is 0. The van der Waals surface area contributed by atoms with E-state index in [9.17, 15) is 4.79 Å². The van der Waals surface area contributed by atoms with Gasteiger partial charge in [-0.3, -0.25) is 4.79 Å². The van der Waals surface area contributed by atoms with Gasteiger partial charge in [0.25, 0.3) is 0 Å². The predicted octanol–water partition coefficient (Wildman–Crippen LogP) is 3.15. The molecule has 102 valence electrons. The number of rotatable bonds is 4. The second-order valence-corrected chi connectivity index (χ2v) is 6.45. The molecular weight excluding hydrogens is 228 g/mol. The van der Waals surface area contributed by atoms with Crippen LogP contribution in [0.15, 0.2) is 12.3 Å². The van der Waals surface area contributed by atoms with E-state index >= 15 is 0 Å². The SMILES string of the molecule is C=C(OCC)C1C2CC(C(=O)OC(C)(C)C)CC21. The minimum absolute atomic E-state index is 0.0320. The molecule has 0 spiro atoms. The second kappa shape index (κ2) is 4.60. The maximum Gasteiger partial charge on any atom is 0.309 e. The van der Waals surface area contributed by atoms with Crippen molar-refractivity contribution in [1.29, 1.82) is 0 Å². The maximum absolute atomic E-state index is 12.0. The Balaban J connectivity index is 1.81. The fourth-order valence-electron chi connectivity index (χ4n) is 3.18. The van der Waals surface area contributed by atoms with Gasteiger partial charge >= 0.3 is 5.97 Å². The van der Waals surface area contributed by atoms with E-state index in [0.29, 0.717) is 24.4 Å². The van der Waals surface area contributed by atoms with E-state index in [0.717, 1.165) is 18.6 Å². The molecule has 0 amide bonds. The van der Waals surface area contributed by atoms with E-state index in [1.54, 1.807) is 0 Å². The highest BCUT2D eigenvalue weighted by atomic mass is 16.6. The molecule has 0 aromatic rings. The van der Waals surface area contributed by atoms with Crippen LogP contribution < -0.4 is 0 Å². The molecule has 0 saturated heterocycles. The van der Waals surface area contributed by atoms with Crippen LogP contribution in [0.2, 0.25) is 0 Å². The van der Waals surface area contributed by atoms with Crippen molar-refractivity contribution >= 4 is 5.97 Å². The average Bonchev–Trinajstić information content (AvgIpc) is 2.72. The van der Waals surface area contributed by atoms with Crippen LogP contribution in [0.3, 0.4) is 0 Å². The first-order chi connectivity index (χ1) is 8.33. The van der Waals surface area contributed by atoms with Gasteiger partial charge in [0.05, 0.1) is 18.3 Å². The van der Waals surface area contributed by atoms with E-state index < -0.39 is 0 Å². The van der Waals surface area contributed by atoms with Crippen molar-refractivity contribution in [2.75, 3.05) is 6.61 Å². The first-order valence-electron chi connectivity index (χ1n) is 6.88. The standard InChI is InChI=1S/C15H24O3/c1-6-17-9(2)13-11-7-10(8-12(11)13)14(16)18-15(3,4)5/h10-13H,2,6-8H2,1,3-5H3. The molecule has 0 heterocycles. The summed E-state index contributed by atoms with van der Waals surface area (Å²) < 4.78 is 10.9. The highest BCUT2D eigenvalue weighted by Crippen LogP contribution is 2.62. The normalized spacial score (nSPS) is 33.8. The van der Waals surface area contributed by atoms with Crippen LogP contribution in [-0.4, -0.2) is 18.2 Å². The third-order valence-corrected chi connectivity index (χ3v) is 3.89. The van der Waals surface area contributed by atoms with Crippen LogP contribution in [0.4, 0.5) is 0 Å². The summed E-state index contributed by atoms with van der Waals surface area (Å²) in [5.74, 6) is 2.65. The third kappa shape index (κ3) is 2.70. The van der Waals surface area contributed by atoms with E-state index in [1.807, 2.05) is 27.7 Å². The molecular formula is C15H24O3. The zero-order valence-corrected chi connectivity index (χ0v) is 11.9. The molecule has 2 rings (SSSR count). The molecule has 2 atom stereocenters. The lowest BCUT2D eigenvalue weighted by Gasteiger charge is -2.23. The second-order valence-electron chi connectivity index (χ2n) is 6.45. The van der Waals surface area contributed by atoms with Crippen LogP contribution >= 0.6 is 0 Å². The lowest BCUT2D eigenvalue weighted by atomic mass is 9.99. The molecule has 0 aromatic heterocycles. The molecule has 2 unspecified atom stereocenters. The summed E-state index contributed by atoms with van der Waals surface area (Å²) in [6.45, 7) is 12.4. The zero-order valence-electron chi connectivity index (χ0n) is 11.9. The van der Waals surface area contributed by atoms with Gasteiger partial charge in [-0.15, -0.1) is 0 Å². The number of ether oxygens (including phenoxy) is 2. The Morgan fingerprint density at radius 2 is 1.83 bits per heavy atom. The summed E-state index contributed by atoms with van der Waals surface area (Å²) in [6.07, 6.45) is 1.88. The number of fused-ring (bicyclic) bond motifs is 1. The first kappa shape index (κ1) is 13.4. The molecule has 3 heteroatoms. The van der Waals surface area contributed by atoms with Crippen LogP contribution in [0, 0.1) is 23.7 Å². The highest BCUT2D eigenvalue weighted by Gasteiger charge is 2.59. The quantitative estimate of drug-likeness (QED) is 0.569. The molecule has 0 radical (unpaired) electrons. The summed E-state index contributed by atoms with van der Waals surface area (Å²) in [7, 11) is 0. The van der Waals surface area contributed by atoms with Crippen LogP contribution in [0.5, 0.6) is 0 Å². The smallest absolute Gasteiger partial charge is 0.309 e. The van der Waals surface area contributed by atoms with Crippen LogP contribution in [-0.2, 0) is 14.3 Å². The number of allylic oxidation sites excluding steroid dienone is 1. The summed E-state index contributed by atoms with van der Waals surface area (Å²) in [4.78, 5) is 12.0. The Morgan fingerprint density at radius 3 is 2.28 bits per heavy atom. The van der Waals surface area contributed by atoms with E-state index in [4.69, 9.17) is 9.47 Å². The number of esters is 1. The van der Waals surface area contributed by atoms with Crippen molar-refractivity contribution in [3.63, 3.8) is 0 Å². The van der Waals surface area contributed by atoms with Crippen molar-refractivity contribution in [3.8, 4) is 0 Å². The number of carbonyl (C=O) groups is 1. The summed E-state index contributed by atoms with van der Waals surface area (Å²) in [5.41, 5.74) is -0.377. The van der Waals surface area contributed by atoms with Gasteiger partial charge < -0.3 is 9.47 Å². The van der Waals surface area contributed by atoms with Gasteiger partial charge in [0.15, 0.2) is 0 Å². The van der Waals surface area contributed by atoms with Crippen molar-refractivity contribution in [3.05, 3.63) is 12.3 Å². The lowest BCUT2D eigenvalue weighted by Crippen LogP contribution is -2.28. The van der Waals surface area contributed by atoms with Crippen molar-refractivity contribution < 1.29 is 14.3 Å². The minimum Gasteiger partial charge on any atom is -0.499 e. The van der Waals surface area contributed by atoms with Gasteiger partial charge in [-0.25, -0.2) is 0 Å². The van der Waals surface area contributed by atoms with Crippen molar-refractivity contribution in [2.24, 2.45) is 23.7 Å². The zero-order chi connectivity index (χ0) is 13.5. The van der Waals surface area contributed by atoms with E-state index in [2.05, 4.69) is 6.58 Å². The Labute approximate surface area is 110 Å². The lowest BCUT2D eigenvalue weighted by molar-refractivity contribution is -0.160. The average molecular weight is 252 g/mol. The van der Waals surface area contributed by atoms with Crippen molar-refractivity contribution in [2.45, 2.75) is 46.1 Å². The predicted molar refractivity (Wildman–Crippen MR) is 69.8 cm³/mol. The maximum atomic E-state index is 12.0. The van der Waals surface area contributed by atoms with E-state index in [-0.39, 0.29) is 17.5 Å². The first-order valence-corrected chi connectivity index (χ1v) is 6.88. The molecule has 3 nitrogen and oxygen atoms in total. The van der Waals surface area contributed by atoms with Crippen molar-refractivity contribution in [1.82, 2.24) is 0 Å². The molecule has 2 saturated carbocycles. The summed E-state index contributed by atoms with van der Waals surface area (Å²) in [6, 6.07) is 0. The van der Waals surface area contributed by atoms with Gasteiger partial charge in [-0.05, 0) is 52.4 Å². The van der Waals surface area contributed by atoms with Crippen LogP contribution in [0.1, 0.15) is 40.5 Å². The number of hydrogen-bond donors (Lipinski definition) is 0. The van der Waals surface area contributed by atoms with Crippen LogP contribution in [0.25, 0.3) is 0 Å². The minimum atomic E-state index is -0.377. The van der Waals surface area contributed by atoms with Gasteiger partial charge in [-0.1, -0.05) is 6.58 Å².